The number of aliphatic carboxylic acids is 1. The average Bonchev–Trinajstić information content (AvgIpc) is 2.74. The molecule has 0 amide bonds. The van der Waals surface area contributed by atoms with Crippen LogP contribution in [0, 0.1) is 5.21 Å². The van der Waals surface area contributed by atoms with Crippen LogP contribution in [0.4, 0.5) is 0 Å². The van der Waals surface area contributed by atoms with Crippen LogP contribution in [0.2, 0.25) is 0 Å². The number of hydrogen-bond donors (Lipinski definition) is 2. The minimum atomic E-state index is -0.657. The quantitative estimate of drug-likeness (QED) is 0.0924. The Morgan fingerprint density at radius 1 is 0.767 bits per heavy atom. The van der Waals surface area contributed by atoms with Gasteiger partial charge in [-0.1, -0.05) is 90.9 Å². The number of hydroxylamine groups is 3. The van der Waals surface area contributed by atoms with Crippen LogP contribution in [0.5, 0.6) is 0 Å². The van der Waals surface area contributed by atoms with E-state index in [1.54, 1.807) is 0 Å². The first kappa shape index (κ1) is 31.5. The molecule has 0 fully saturated rings. The van der Waals surface area contributed by atoms with Crippen molar-refractivity contribution in [1.29, 1.82) is 0 Å². The van der Waals surface area contributed by atoms with E-state index >= 15 is 0 Å². The van der Waals surface area contributed by atoms with E-state index in [2.05, 4.69) is 19.2 Å². The maximum Gasteiger partial charge on any atom is 0.303 e. The zero-order valence-electron chi connectivity index (χ0n) is 21.0. The maximum absolute atomic E-state index is 12.1. The number of unbranched alkanes of at least 4 members (excludes halogenated alkanes) is 12. The number of rotatable bonds is 20. The van der Waals surface area contributed by atoms with Gasteiger partial charge >= 0.3 is 5.97 Å². The Hall–Kier alpha value is -0.650. The molecule has 30 heavy (non-hydrogen) atoms. The second kappa shape index (κ2) is 23.0. The van der Waals surface area contributed by atoms with Crippen molar-refractivity contribution in [3.8, 4) is 0 Å². The van der Waals surface area contributed by atoms with Crippen molar-refractivity contribution in [1.82, 2.24) is 5.32 Å². The van der Waals surface area contributed by atoms with E-state index in [-0.39, 0.29) is 10.8 Å². The summed E-state index contributed by atoms with van der Waals surface area (Å²) >= 11 is 0. The van der Waals surface area contributed by atoms with Gasteiger partial charge in [0, 0.05) is 19.9 Å². The first-order valence-electron chi connectivity index (χ1n) is 12.9. The summed E-state index contributed by atoms with van der Waals surface area (Å²) < 4.78 is -0.119. The Labute approximate surface area is 188 Å². The van der Waals surface area contributed by atoms with E-state index in [4.69, 9.17) is 5.11 Å². The van der Waals surface area contributed by atoms with Crippen LogP contribution in [0.15, 0.2) is 0 Å². The number of hydrogen-bond acceptors (Lipinski definition) is 3. The molecule has 5 nitrogen and oxygen atoms in total. The van der Waals surface area contributed by atoms with Gasteiger partial charge in [-0.25, -0.2) is 0 Å². The largest absolute Gasteiger partial charge is 0.632 e. The summed E-state index contributed by atoms with van der Waals surface area (Å²) in [6.07, 6.45) is 18.0. The fourth-order valence-corrected chi connectivity index (χ4v) is 3.56. The highest BCUT2D eigenvalue weighted by Gasteiger charge is 2.19. The van der Waals surface area contributed by atoms with Gasteiger partial charge in [-0.3, -0.25) is 10.1 Å². The number of carboxylic acid groups (broad SMARTS) is 1. The van der Waals surface area contributed by atoms with Crippen molar-refractivity contribution in [2.24, 2.45) is 0 Å². The van der Waals surface area contributed by atoms with Crippen LogP contribution in [-0.4, -0.2) is 41.5 Å². The number of carbonyl (C=O) groups is 1. The molecule has 0 aromatic carbocycles. The molecule has 0 aliphatic heterocycles. The third-order valence-corrected chi connectivity index (χ3v) is 5.99. The van der Waals surface area contributed by atoms with Gasteiger partial charge in [0.25, 0.3) is 0 Å². The molecule has 0 heterocycles. The van der Waals surface area contributed by atoms with Crippen molar-refractivity contribution in [2.75, 3.05) is 19.6 Å². The molecule has 0 aromatic rings. The number of nitrogens with zero attached hydrogens (tertiary/aromatic N) is 1. The summed E-state index contributed by atoms with van der Waals surface area (Å²) in [7, 11) is 0. The van der Waals surface area contributed by atoms with E-state index in [0.29, 0.717) is 19.5 Å². The highest BCUT2D eigenvalue weighted by molar-refractivity contribution is 5.66. The van der Waals surface area contributed by atoms with Gasteiger partial charge in [0.15, 0.2) is 0 Å². The predicted octanol–water partition coefficient (Wildman–Crippen LogP) is 7.24. The maximum atomic E-state index is 12.1. The lowest BCUT2D eigenvalue weighted by molar-refractivity contribution is -0.903. The van der Waals surface area contributed by atoms with Gasteiger partial charge in [-0.05, 0) is 26.7 Å². The van der Waals surface area contributed by atoms with Gasteiger partial charge in [0.1, 0.15) is 6.17 Å². The van der Waals surface area contributed by atoms with E-state index in [0.717, 1.165) is 19.4 Å². The second-order valence-corrected chi connectivity index (χ2v) is 8.60. The number of quaternary nitrogens is 1. The second-order valence-electron chi connectivity index (χ2n) is 8.60. The van der Waals surface area contributed by atoms with Crippen LogP contribution in [0.1, 0.15) is 131 Å². The third kappa shape index (κ3) is 20.6. The molecule has 182 valence electrons. The normalized spacial score (nSPS) is 12.3. The standard InChI is InChI=1S/C14H28O2.C11H26N2O/c1-2-3-4-5-6-7-8-9-10-11-12-13-14(15)16;1-5-8-9-10-12-11(4)13(14,6-2)7-3/h2-13H2,1H3,(H,15,16);11-12H,5-10H2,1-4H3. The van der Waals surface area contributed by atoms with Crippen LogP contribution < -0.4 is 5.32 Å². The third-order valence-electron chi connectivity index (χ3n) is 5.99. The molecular formula is C25H54N2O3. The molecular weight excluding hydrogens is 376 g/mol. The summed E-state index contributed by atoms with van der Waals surface area (Å²) in [6, 6.07) is 0. The zero-order chi connectivity index (χ0) is 23.1. The summed E-state index contributed by atoms with van der Waals surface area (Å²) in [5.41, 5.74) is 0. The molecule has 0 rings (SSSR count). The summed E-state index contributed by atoms with van der Waals surface area (Å²) in [5, 5.41) is 23.9. The molecule has 5 heteroatoms. The van der Waals surface area contributed by atoms with E-state index < -0.39 is 5.97 Å². The van der Waals surface area contributed by atoms with Crippen molar-refractivity contribution >= 4 is 5.97 Å². The Bertz CT molecular complexity index is 360. The molecule has 0 aliphatic carbocycles. The van der Waals surface area contributed by atoms with Gasteiger partial charge in [0.05, 0.1) is 13.1 Å². The highest BCUT2D eigenvalue weighted by Crippen LogP contribution is 2.12. The van der Waals surface area contributed by atoms with Crippen molar-refractivity contribution in [2.45, 2.75) is 137 Å². The minimum absolute atomic E-state index is 0.0295. The van der Waals surface area contributed by atoms with Crippen LogP contribution >= 0.6 is 0 Å². The fourth-order valence-electron chi connectivity index (χ4n) is 3.56. The summed E-state index contributed by atoms with van der Waals surface area (Å²) in [5.74, 6) is -0.657. The summed E-state index contributed by atoms with van der Waals surface area (Å²) in [4.78, 5) is 10.3. The SMILES string of the molecule is CCCCCCCCCCCCCC(=O)O.CCCCCNC(C)[N+]([O-])(CC)CC. The average molecular weight is 431 g/mol. The Kier molecular flexibility index (Phi) is 24.2. The monoisotopic (exact) mass is 430 g/mol. The molecule has 1 unspecified atom stereocenters. The Morgan fingerprint density at radius 2 is 1.17 bits per heavy atom. The molecule has 0 saturated carbocycles. The van der Waals surface area contributed by atoms with Crippen molar-refractivity contribution in [3.63, 3.8) is 0 Å². The van der Waals surface area contributed by atoms with E-state index in [1.165, 1.54) is 77.0 Å². The molecule has 0 spiro atoms. The zero-order valence-corrected chi connectivity index (χ0v) is 21.0. The molecule has 0 radical (unpaired) electrons. The molecule has 2 N–H and O–H groups in total. The summed E-state index contributed by atoms with van der Waals surface area (Å²) in [6.45, 7) is 12.6. The fraction of sp³-hybridized carbons (Fsp3) is 0.960. The molecule has 0 aliphatic rings. The van der Waals surface area contributed by atoms with E-state index in [1.807, 2.05) is 20.8 Å². The topological polar surface area (TPSA) is 72.4 Å². The predicted molar refractivity (Wildman–Crippen MR) is 130 cm³/mol. The van der Waals surface area contributed by atoms with Crippen molar-refractivity contribution in [3.05, 3.63) is 5.21 Å². The molecule has 0 bridgehead atoms. The molecule has 0 aromatic heterocycles. The first-order chi connectivity index (χ1) is 14.4. The van der Waals surface area contributed by atoms with Gasteiger partial charge in [0.2, 0.25) is 0 Å². The Morgan fingerprint density at radius 3 is 1.57 bits per heavy atom. The van der Waals surface area contributed by atoms with Gasteiger partial charge in [-0.15, -0.1) is 0 Å². The van der Waals surface area contributed by atoms with Gasteiger partial charge < -0.3 is 15.0 Å². The van der Waals surface area contributed by atoms with Crippen LogP contribution in [-0.2, 0) is 4.79 Å². The molecule has 1 atom stereocenters. The lowest BCUT2D eigenvalue weighted by atomic mass is 10.1. The van der Waals surface area contributed by atoms with Crippen LogP contribution in [0.3, 0.4) is 0 Å². The lowest BCUT2D eigenvalue weighted by Gasteiger charge is -2.46. The molecule has 0 saturated heterocycles. The number of carboxylic acids is 1. The minimum Gasteiger partial charge on any atom is -0.632 e. The smallest absolute Gasteiger partial charge is 0.303 e. The van der Waals surface area contributed by atoms with Crippen LogP contribution in [0.25, 0.3) is 0 Å². The number of nitrogens with one attached hydrogen (secondary N) is 1. The first-order valence-corrected chi connectivity index (χ1v) is 12.9. The van der Waals surface area contributed by atoms with Gasteiger partial charge in [-0.2, -0.15) is 0 Å². The Balaban J connectivity index is 0. The highest BCUT2D eigenvalue weighted by atomic mass is 16.5. The van der Waals surface area contributed by atoms with Crippen molar-refractivity contribution < 1.29 is 14.5 Å². The van der Waals surface area contributed by atoms with E-state index in [9.17, 15) is 10.0 Å². The lowest BCUT2D eigenvalue weighted by Crippen LogP contribution is -2.55.